The minimum Gasteiger partial charge on any atom is -0.489 e. The molecule has 1 aliphatic rings. The smallest absolute Gasteiger partial charge is 0.223 e. The van der Waals surface area contributed by atoms with Crippen LogP contribution in [0.15, 0.2) is 24.3 Å². The molecule has 2 N–H and O–H groups in total. The van der Waals surface area contributed by atoms with Crippen molar-refractivity contribution in [2.45, 2.75) is 57.7 Å². The molecule has 0 spiro atoms. The van der Waals surface area contributed by atoms with Gasteiger partial charge in [-0.1, -0.05) is 31.0 Å². The Labute approximate surface area is 126 Å². The molecule has 1 atom stereocenters. The summed E-state index contributed by atoms with van der Waals surface area (Å²) in [4.78, 5) is 11.9. The molecule has 0 heterocycles. The van der Waals surface area contributed by atoms with Crippen molar-refractivity contribution in [1.29, 1.82) is 0 Å². The highest BCUT2D eigenvalue weighted by Gasteiger charge is 2.33. The Morgan fingerprint density at radius 1 is 1.38 bits per heavy atom. The van der Waals surface area contributed by atoms with Crippen LogP contribution >= 0.6 is 0 Å². The zero-order chi connectivity index (χ0) is 15.3. The van der Waals surface area contributed by atoms with E-state index in [0.29, 0.717) is 6.54 Å². The molecule has 1 saturated carbocycles. The first-order chi connectivity index (χ1) is 9.98. The predicted molar refractivity (Wildman–Crippen MR) is 82.3 cm³/mol. The lowest BCUT2D eigenvalue weighted by molar-refractivity contribution is -0.126. The van der Waals surface area contributed by atoms with Gasteiger partial charge in [0.25, 0.3) is 0 Å². The Morgan fingerprint density at radius 2 is 2.05 bits per heavy atom. The topological polar surface area (TPSA) is 58.6 Å². The molecule has 0 radical (unpaired) electrons. The first-order valence-electron chi connectivity index (χ1n) is 7.70. The maximum atomic E-state index is 11.9. The zero-order valence-electron chi connectivity index (χ0n) is 12.9. The summed E-state index contributed by atoms with van der Waals surface area (Å²) >= 11 is 0. The van der Waals surface area contributed by atoms with Gasteiger partial charge in [0.05, 0.1) is 18.6 Å². The number of amides is 1. The van der Waals surface area contributed by atoms with Gasteiger partial charge in [0.15, 0.2) is 0 Å². The van der Waals surface area contributed by atoms with Crippen LogP contribution in [0, 0.1) is 6.92 Å². The molecule has 1 fully saturated rings. The number of hydrogen-bond donors (Lipinski definition) is 2. The van der Waals surface area contributed by atoms with Crippen LogP contribution in [0.2, 0.25) is 0 Å². The lowest BCUT2D eigenvalue weighted by atomic mass is 9.98. The summed E-state index contributed by atoms with van der Waals surface area (Å²) in [6.45, 7) is 4.37. The highest BCUT2D eigenvalue weighted by Crippen LogP contribution is 2.32. The standard InChI is InChI=1S/C17H25NO3/c1-13-7-3-4-8-15(13)21-14(2)12-18-16(19)11-17(20)9-5-6-10-17/h3-4,7-8,14,20H,5-6,9-12H2,1-2H3,(H,18,19). The summed E-state index contributed by atoms with van der Waals surface area (Å²) in [7, 11) is 0. The van der Waals surface area contributed by atoms with Crippen molar-refractivity contribution in [2.75, 3.05) is 6.54 Å². The van der Waals surface area contributed by atoms with Crippen LogP contribution in [-0.4, -0.2) is 29.3 Å². The number of ether oxygens (including phenoxy) is 1. The van der Waals surface area contributed by atoms with Gasteiger partial charge in [-0.15, -0.1) is 0 Å². The molecule has 0 aromatic heterocycles. The van der Waals surface area contributed by atoms with Crippen molar-refractivity contribution in [3.8, 4) is 5.75 Å². The maximum absolute atomic E-state index is 11.9. The molecule has 1 amide bonds. The third kappa shape index (κ3) is 4.74. The minimum absolute atomic E-state index is 0.0976. The van der Waals surface area contributed by atoms with Crippen LogP contribution in [0.4, 0.5) is 0 Å². The van der Waals surface area contributed by atoms with Gasteiger partial charge in [0, 0.05) is 0 Å². The molecule has 1 aromatic carbocycles. The number of para-hydroxylation sites is 1. The van der Waals surface area contributed by atoms with Crippen molar-refractivity contribution in [3.63, 3.8) is 0 Å². The Hall–Kier alpha value is -1.55. The molecule has 0 bridgehead atoms. The average molecular weight is 291 g/mol. The van der Waals surface area contributed by atoms with Crippen LogP contribution in [0.5, 0.6) is 5.75 Å². The van der Waals surface area contributed by atoms with Crippen molar-refractivity contribution in [1.82, 2.24) is 5.32 Å². The number of aliphatic hydroxyl groups is 1. The van der Waals surface area contributed by atoms with Crippen molar-refractivity contribution in [3.05, 3.63) is 29.8 Å². The lowest BCUT2D eigenvalue weighted by Crippen LogP contribution is -2.38. The molecule has 0 saturated heterocycles. The van der Waals surface area contributed by atoms with Crippen molar-refractivity contribution >= 4 is 5.91 Å². The number of aryl methyl sites for hydroxylation is 1. The van der Waals surface area contributed by atoms with E-state index in [1.54, 1.807) is 0 Å². The van der Waals surface area contributed by atoms with Crippen LogP contribution in [0.1, 0.15) is 44.6 Å². The number of rotatable bonds is 6. The lowest BCUT2D eigenvalue weighted by Gasteiger charge is -2.22. The second kappa shape index (κ2) is 6.94. The van der Waals surface area contributed by atoms with Gasteiger partial charge in [-0.2, -0.15) is 0 Å². The second-order valence-corrected chi connectivity index (χ2v) is 6.11. The van der Waals surface area contributed by atoms with E-state index in [4.69, 9.17) is 4.74 Å². The molecule has 4 heteroatoms. The normalized spacial score (nSPS) is 18.2. The van der Waals surface area contributed by atoms with Crippen LogP contribution in [0.3, 0.4) is 0 Å². The Bertz CT molecular complexity index is 481. The fraction of sp³-hybridized carbons (Fsp3) is 0.588. The highest BCUT2D eigenvalue weighted by molar-refractivity contribution is 5.77. The summed E-state index contributed by atoms with van der Waals surface area (Å²) in [6, 6.07) is 7.82. The first-order valence-corrected chi connectivity index (χ1v) is 7.70. The molecule has 21 heavy (non-hydrogen) atoms. The van der Waals surface area contributed by atoms with Gasteiger partial charge in [-0.3, -0.25) is 4.79 Å². The van der Waals surface area contributed by atoms with E-state index in [-0.39, 0.29) is 18.4 Å². The number of hydrogen-bond acceptors (Lipinski definition) is 3. The molecule has 2 rings (SSSR count). The van der Waals surface area contributed by atoms with E-state index in [1.165, 1.54) is 0 Å². The minimum atomic E-state index is -0.788. The first kappa shape index (κ1) is 15.8. The van der Waals surface area contributed by atoms with Gasteiger partial charge in [0.2, 0.25) is 5.91 Å². The fourth-order valence-corrected chi connectivity index (χ4v) is 2.78. The summed E-state index contributed by atoms with van der Waals surface area (Å²) in [5, 5.41) is 13.1. The summed E-state index contributed by atoms with van der Waals surface area (Å²) in [6.07, 6.45) is 3.58. The molecule has 1 aliphatic carbocycles. The molecule has 1 aromatic rings. The third-order valence-electron chi connectivity index (χ3n) is 4.03. The van der Waals surface area contributed by atoms with E-state index >= 15 is 0 Å². The number of benzene rings is 1. The molecular formula is C17H25NO3. The Morgan fingerprint density at radius 3 is 2.71 bits per heavy atom. The van der Waals surface area contributed by atoms with E-state index in [2.05, 4.69) is 5.32 Å². The van der Waals surface area contributed by atoms with Gasteiger partial charge >= 0.3 is 0 Å². The van der Waals surface area contributed by atoms with Gasteiger partial charge in [0.1, 0.15) is 11.9 Å². The van der Waals surface area contributed by atoms with Gasteiger partial charge in [-0.25, -0.2) is 0 Å². The van der Waals surface area contributed by atoms with E-state index in [0.717, 1.165) is 37.0 Å². The molecule has 0 aliphatic heterocycles. The largest absolute Gasteiger partial charge is 0.489 e. The number of carbonyl (C=O) groups excluding carboxylic acids is 1. The second-order valence-electron chi connectivity index (χ2n) is 6.11. The Balaban J connectivity index is 1.75. The summed E-state index contributed by atoms with van der Waals surface area (Å²) < 4.78 is 5.81. The summed E-state index contributed by atoms with van der Waals surface area (Å²) in [5.41, 5.74) is 0.292. The van der Waals surface area contributed by atoms with Crippen molar-refractivity contribution in [2.24, 2.45) is 0 Å². The molecule has 1 unspecified atom stereocenters. The summed E-state index contributed by atoms with van der Waals surface area (Å²) in [5.74, 6) is 0.744. The van der Waals surface area contributed by atoms with Gasteiger partial charge in [-0.05, 0) is 38.3 Å². The van der Waals surface area contributed by atoms with E-state index in [9.17, 15) is 9.90 Å². The quantitative estimate of drug-likeness (QED) is 0.847. The van der Waals surface area contributed by atoms with Gasteiger partial charge < -0.3 is 15.2 Å². The van der Waals surface area contributed by atoms with E-state index in [1.807, 2.05) is 38.1 Å². The maximum Gasteiger partial charge on any atom is 0.223 e. The third-order valence-corrected chi connectivity index (χ3v) is 4.03. The molecule has 4 nitrogen and oxygen atoms in total. The monoisotopic (exact) mass is 291 g/mol. The number of nitrogens with one attached hydrogen (secondary N) is 1. The fourth-order valence-electron chi connectivity index (χ4n) is 2.78. The van der Waals surface area contributed by atoms with Crippen LogP contribution in [-0.2, 0) is 4.79 Å². The number of carbonyl (C=O) groups is 1. The SMILES string of the molecule is Cc1ccccc1OC(C)CNC(=O)CC1(O)CCCC1. The van der Waals surface area contributed by atoms with Crippen LogP contribution in [0.25, 0.3) is 0 Å². The zero-order valence-corrected chi connectivity index (χ0v) is 12.9. The van der Waals surface area contributed by atoms with Crippen molar-refractivity contribution < 1.29 is 14.6 Å². The molecule has 116 valence electrons. The highest BCUT2D eigenvalue weighted by atomic mass is 16.5. The van der Waals surface area contributed by atoms with E-state index < -0.39 is 5.60 Å². The van der Waals surface area contributed by atoms with Crippen LogP contribution < -0.4 is 10.1 Å². The average Bonchev–Trinajstić information content (AvgIpc) is 2.85. The predicted octanol–water partition coefficient (Wildman–Crippen LogP) is 2.57. The molecular weight excluding hydrogens is 266 g/mol. The Kier molecular flexibility index (Phi) is 5.23.